The highest BCUT2D eigenvalue weighted by Crippen LogP contribution is 2.34. The molecule has 120 valence electrons. The van der Waals surface area contributed by atoms with Crippen LogP contribution in [-0.2, 0) is 9.59 Å². The van der Waals surface area contributed by atoms with Gasteiger partial charge in [-0.05, 0) is 24.3 Å². The number of esters is 2. The van der Waals surface area contributed by atoms with Gasteiger partial charge in [-0.2, -0.15) is 0 Å². The average molecular weight is 314 g/mol. The Bertz CT molecular complexity index is 679. The fourth-order valence-corrected chi connectivity index (χ4v) is 1.73. The molecule has 0 aromatic heterocycles. The molecule has 0 aliphatic rings. The van der Waals surface area contributed by atoms with E-state index >= 15 is 0 Å². The summed E-state index contributed by atoms with van der Waals surface area (Å²) in [6.45, 7) is 3.37. The minimum absolute atomic E-state index is 0.159. The first-order valence-corrected chi connectivity index (χ1v) is 7.40. The van der Waals surface area contributed by atoms with Crippen molar-refractivity contribution >= 4 is 11.9 Å². The van der Waals surface area contributed by atoms with Crippen LogP contribution in [-0.4, -0.2) is 11.9 Å². The number of benzene rings is 2. The molecular weight excluding hydrogens is 296 g/mol. The van der Waals surface area contributed by atoms with E-state index in [2.05, 4.69) is 0 Å². The maximum Gasteiger partial charge on any atom is 0.311 e. The number of carbonyl (C=O) groups is 2. The Kier molecular flexibility index (Phi) is 5.74. The molecule has 0 bridgehead atoms. The third kappa shape index (κ3) is 4.85. The summed E-state index contributed by atoms with van der Waals surface area (Å²) < 4.78 is 16.1. The highest BCUT2D eigenvalue weighted by Gasteiger charge is 2.14. The molecule has 0 unspecified atom stereocenters. The van der Waals surface area contributed by atoms with Gasteiger partial charge < -0.3 is 14.2 Å². The van der Waals surface area contributed by atoms with Crippen LogP contribution in [0.4, 0.5) is 0 Å². The van der Waals surface area contributed by atoms with Gasteiger partial charge in [0.25, 0.3) is 0 Å². The van der Waals surface area contributed by atoms with Crippen LogP contribution < -0.4 is 14.2 Å². The van der Waals surface area contributed by atoms with Crippen molar-refractivity contribution in [3.05, 3.63) is 48.5 Å². The van der Waals surface area contributed by atoms with Crippen molar-refractivity contribution in [1.29, 1.82) is 0 Å². The Balaban J connectivity index is 2.26. The maximum absolute atomic E-state index is 11.6. The lowest BCUT2D eigenvalue weighted by Crippen LogP contribution is -2.10. The molecule has 0 saturated carbocycles. The average Bonchev–Trinajstić information content (AvgIpc) is 2.57. The number of hydrogen-bond acceptors (Lipinski definition) is 5. The van der Waals surface area contributed by atoms with Crippen molar-refractivity contribution in [2.45, 2.75) is 26.7 Å². The zero-order valence-electron chi connectivity index (χ0n) is 13.1. The van der Waals surface area contributed by atoms with E-state index in [0.29, 0.717) is 11.5 Å². The molecule has 0 saturated heterocycles. The van der Waals surface area contributed by atoms with Crippen LogP contribution in [0.15, 0.2) is 48.5 Å². The van der Waals surface area contributed by atoms with Crippen LogP contribution in [0.2, 0.25) is 0 Å². The predicted octanol–water partition coefficient (Wildman–Crippen LogP) is 4.11. The van der Waals surface area contributed by atoms with Gasteiger partial charge in [-0.3, -0.25) is 9.59 Å². The number of hydrogen-bond donors (Lipinski definition) is 0. The minimum atomic E-state index is -0.421. The molecule has 0 aliphatic heterocycles. The highest BCUT2D eigenvalue weighted by molar-refractivity contribution is 5.76. The van der Waals surface area contributed by atoms with Crippen molar-refractivity contribution in [3.8, 4) is 23.0 Å². The molecule has 2 aromatic rings. The van der Waals surface area contributed by atoms with E-state index in [9.17, 15) is 9.59 Å². The van der Waals surface area contributed by atoms with Gasteiger partial charge in [0, 0.05) is 18.9 Å². The largest absolute Gasteiger partial charge is 0.457 e. The fourth-order valence-electron chi connectivity index (χ4n) is 1.73. The predicted molar refractivity (Wildman–Crippen MR) is 84.8 cm³/mol. The van der Waals surface area contributed by atoms with Gasteiger partial charge >= 0.3 is 11.9 Å². The number of rotatable bonds is 6. The van der Waals surface area contributed by atoms with Gasteiger partial charge in [0.2, 0.25) is 0 Å². The summed E-state index contributed by atoms with van der Waals surface area (Å²) in [7, 11) is 0. The summed E-state index contributed by atoms with van der Waals surface area (Å²) in [4.78, 5) is 23.0. The molecule has 2 aromatic carbocycles. The molecule has 0 radical (unpaired) electrons. The molecule has 23 heavy (non-hydrogen) atoms. The second kappa shape index (κ2) is 7.98. The molecule has 0 heterocycles. The standard InChI is InChI=1S/C18H18O5/c1-3-17(19)22-15-11-10-14(12-16(15)23-18(20)4-2)21-13-8-6-5-7-9-13/h5-12H,3-4H2,1-2H3. The van der Waals surface area contributed by atoms with Crippen molar-refractivity contribution in [2.75, 3.05) is 0 Å². The third-order valence-electron chi connectivity index (χ3n) is 2.92. The molecule has 0 fully saturated rings. The molecule has 2 rings (SSSR count). The summed E-state index contributed by atoms with van der Waals surface area (Å²) in [5.41, 5.74) is 0. The summed E-state index contributed by atoms with van der Waals surface area (Å²) in [6.07, 6.45) is 0.439. The van der Waals surface area contributed by atoms with Gasteiger partial charge in [-0.15, -0.1) is 0 Å². The third-order valence-corrected chi connectivity index (χ3v) is 2.92. The maximum atomic E-state index is 11.6. The molecule has 0 atom stereocenters. The molecular formula is C18H18O5. The van der Waals surface area contributed by atoms with E-state index in [1.54, 1.807) is 26.0 Å². The second-order valence-corrected chi connectivity index (χ2v) is 4.68. The van der Waals surface area contributed by atoms with E-state index in [-0.39, 0.29) is 24.3 Å². The Morgan fingerprint density at radius 2 is 1.39 bits per heavy atom. The molecule has 5 heteroatoms. The Labute approximate surface area is 134 Å². The van der Waals surface area contributed by atoms with Crippen LogP contribution in [0.3, 0.4) is 0 Å². The van der Waals surface area contributed by atoms with Gasteiger partial charge in [0.1, 0.15) is 11.5 Å². The summed E-state index contributed by atoms with van der Waals surface area (Å²) in [5, 5.41) is 0. The monoisotopic (exact) mass is 314 g/mol. The van der Waals surface area contributed by atoms with Crippen molar-refractivity contribution < 1.29 is 23.8 Å². The van der Waals surface area contributed by atoms with Crippen LogP contribution in [0.5, 0.6) is 23.0 Å². The first kappa shape index (κ1) is 16.5. The normalized spacial score (nSPS) is 10.0. The lowest BCUT2D eigenvalue weighted by Gasteiger charge is -2.12. The molecule has 5 nitrogen and oxygen atoms in total. The highest BCUT2D eigenvalue weighted by atomic mass is 16.6. The molecule has 0 amide bonds. The Hall–Kier alpha value is -2.82. The van der Waals surface area contributed by atoms with Gasteiger partial charge in [-0.1, -0.05) is 32.0 Å². The summed E-state index contributed by atoms with van der Waals surface area (Å²) in [6, 6.07) is 13.9. The van der Waals surface area contributed by atoms with Crippen LogP contribution in [0.25, 0.3) is 0 Å². The zero-order chi connectivity index (χ0) is 16.7. The smallest absolute Gasteiger partial charge is 0.311 e. The first-order valence-electron chi connectivity index (χ1n) is 7.40. The number of para-hydroxylation sites is 1. The summed E-state index contributed by atoms with van der Waals surface area (Å²) in [5.74, 6) is 0.655. The molecule has 0 aliphatic carbocycles. The van der Waals surface area contributed by atoms with E-state index in [0.717, 1.165) is 0 Å². The zero-order valence-corrected chi connectivity index (χ0v) is 13.1. The topological polar surface area (TPSA) is 61.8 Å². The van der Waals surface area contributed by atoms with Gasteiger partial charge in [0.15, 0.2) is 11.5 Å². The quantitative estimate of drug-likeness (QED) is 0.593. The number of ether oxygens (including phenoxy) is 3. The Morgan fingerprint density at radius 3 is 2.00 bits per heavy atom. The molecule has 0 spiro atoms. The Morgan fingerprint density at radius 1 is 0.783 bits per heavy atom. The SMILES string of the molecule is CCC(=O)Oc1ccc(Oc2ccccc2)cc1OC(=O)CC. The minimum Gasteiger partial charge on any atom is -0.457 e. The first-order chi connectivity index (χ1) is 11.1. The van der Waals surface area contributed by atoms with Crippen molar-refractivity contribution in [3.63, 3.8) is 0 Å². The fraction of sp³-hybridized carbons (Fsp3) is 0.222. The van der Waals surface area contributed by atoms with Crippen LogP contribution >= 0.6 is 0 Å². The second-order valence-electron chi connectivity index (χ2n) is 4.68. The van der Waals surface area contributed by atoms with Gasteiger partial charge in [0.05, 0.1) is 0 Å². The molecule has 0 N–H and O–H groups in total. The van der Waals surface area contributed by atoms with Gasteiger partial charge in [-0.25, -0.2) is 0 Å². The number of carbonyl (C=O) groups excluding carboxylic acids is 2. The van der Waals surface area contributed by atoms with Crippen LogP contribution in [0, 0.1) is 0 Å². The van der Waals surface area contributed by atoms with Crippen molar-refractivity contribution in [1.82, 2.24) is 0 Å². The van der Waals surface area contributed by atoms with Crippen molar-refractivity contribution in [2.24, 2.45) is 0 Å². The lowest BCUT2D eigenvalue weighted by molar-refractivity contribution is -0.136. The lowest BCUT2D eigenvalue weighted by atomic mass is 10.3. The summed E-state index contributed by atoms with van der Waals surface area (Å²) >= 11 is 0. The van der Waals surface area contributed by atoms with Crippen LogP contribution in [0.1, 0.15) is 26.7 Å². The van der Waals surface area contributed by atoms with E-state index < -0.39 is 11.9 Å². The van der Waals surface area contributed by atoms with E-state index in [1.165, 1.54) is 6.07 Å². The van der Waals surface area contributed by atoms with E-state index in [4.69, 9.17) is 14.2 Å². The van der Waals surface area contributed by atoms with E-state index in [1.807, 2.05) is 30.3 Å².